The number of rotatable bonds is 9. The van der Waals surface area contributed by atoms with Gasteiger partial charge in [-0.25, -0.2) is 0 Å². The van der Waals surface area contributed by atoms with E-state index in [2.05, 4.69) is 17.3 Å². The summed E-state index contributed by atoms with van der Waals surface area (Å²) in [5.74, 6) is 0.226. The van der Waals surface area contributed by atoms with Crippen LogP contribution in [0, 0.1) is 5.92 Å². The van der Waals surface area contributed by atoms with E-state index in [0.717, 1.165) is 52.2 Å². The van der Waals surface area contributed by atoms with Gasteiger partial charge in [0.1, 0.15) is 0 Å². The highest BCUT2D eigenvalue weighted by Crippen LogP contribution is 2.17. The van der Waals surface area contributed by atoms with Crippen molar-refractivity contribution in [2.75, 3.05) is 53.6 Å². The van der Waals surface area contributed by atoms with E-state index in [-0.39, 0.29) is 11.8 Å². The summed E-state index contributed by atoms with van der Waals surface area (Å²) in [6.45, 7) is 4.69. The van der Waals surface area contributed by atoms with E-state index >= 15 is 0 Å². The van der Waals surface area contributed by atoms with Crippen LogP contribution < -0.4 is 11.1 Å². The number of carbonyl (C=O) groups is 1. The van der Waals surface area contributed by atoms with Crippen molar-refractivity contribution in [1.82, 2.24) is 10.2 Å². The van der Waals surface area contributed by atoms with Crippen molar-refractivity contribution in [1.29, 1.82) is 0 Å². The van der Waals surface area contributed by atoms with Crippen molar-refractivity contribution < 1.29 is 14.3 Å². The van der Waals surface area contributed by atoms with Crippen LogP contribution in [0.15, 0.2) is 0 Å². The van der Waals surface area contributed by atoms with Crippen LogP contribution in [0.3, 0.4) is 0 Å². The number of ether oxygens (including phenoxy) is 2. The van der Waals surface area contributed by atoms with Gasteiger partial charge in [-0.2, -0.15) is 0 Å². The molecule has 1 unspecified atom stereocenters. The zero-order valence-corrected chi connectivity index (χ0v) is 12.8. The number of carbonyl (C=O) groups excluding carboxylic acids is 1. The van der Waals surface area contributed by atoms with Crippen molar-refractivity contribution in [3.63, 3.8) is 0 Å². The van der Waals surface area contributed by atoms with E-state index in [9.17, 15) is 4.79 Å². The summed E-state index contributed by atoms with van der Waals surface area (Å²) >= 11 is 0. The normalized spacial score (nSPS) is 18.2. The average molecular weight is 287 g/mol. The number of likely N-dealkylation sites (N-methyl/N-ethyl adjacent to an activating group) is 1. The molecule has 6 nitrogen and oxygen atoms in total. The Labute approximate surface area is 122 Å². The lowest BCUT2D eigenvalue weighted by atomic mass is 9.92. The van der Waals surface area contributed by atoms with Gasteiger partial charge in [0, 0.05) is 33.4 Å². The van der Waals surface area contributed by atoms with Crippen LogP contribution in [0.1, 0.15) is 19.3 Å². The molecule has 0 aliphatic carbocycles. The standard InChI is InChI=1S/C14H29N3O3/c1-17(8-11-19-2)7-3-6-16-14(18)13(15)12-4-9-20-10-5-12/h12-13H,3-11,15H2,1-2H3,(H,16,18). The highest BCUT2D eigenvalue weighted by Gasteiger charge is 2.26. The van der Waals surface area contributed by atoms with Crippen LogP contribution in [0.5, 0.6) is 0 Å². The van der Waals surface area contributed by atoms with Gasteiger partial charge in [-0.15, -0.1) is 0 Å². The van der Waals surface area contributed by atoms with E-state index in [1.54, 1.807) is 7.11 Å². The Morgan fingerprint density at radius 3 is 2.80 bits per heavy atom. The lowest BCUT2D eigenvalue weighted by molar-refractivity contribution is -0.124. The van der Waals surface area contributed by atoms with Crippen LogP contribution in [0.4, 0.5) is 0 Å². The van der Waals surface area contributed by atoms with Gasteiger partial charge in [-0.05, 0) is 38.8 Å². The van der Waals surface area contributed by atoms with Crippen LogP contribution in [0.2, 0.25) is 0 Å². The third-order valence-electron chi connectivity index (χ3n) is 3.77. The third kappa shape index (κ3) is 6.65. The minimum atomic E-state index is -0.398. The first-order chi connectivity index (χ1) is 9.65. The second-order valence-electron chi connectivity index (χ2n) is 5.42. The summed E-state index contributed by atoms with van der Waals surface area (Å²) in [6, 6.07) is -0.398. The number of methoxy groups -OCH3 is 1. The highest BCUT2D eigenvalue weighted by atomic mass is 16.5. The minimum absolute atomic E-state index is 0.0311. The topological polar surface area (TPSA) is 76.8 Å². The molecule has 1 aliphatic heterocycles. The van der Waals surface area contributed by atoms with Gasteiger partial charge in [0.05, 0.1) is 12.6 Å². The van der Waals surface area contributed by atoms with Gasteiger partial charge in [0.15, 0.2) is 0 Å². The van der Waals surface area contributed by atoms with Gasteiger partial charge in [-0.1, -0.05) is 0 Å². The molecule has 6 heteroatoms. The second-order valence-corrected chi connectivity index (χ2v) is 5.42. The average Bonchev–Trinajstić information content (AvgIpc) is 2.49. The molecule has 118 valence electrons. The summed E-state index contributed by atoms with van der Waals surface area (Å²) < 4.78 is 10.3. The van der Waals surface area contributed by atoms with Crippen LogP contribution >= 0.6 is 0 Å². The van der Waals surface area contributed by atoms with Crippen molar-refractivity contribution >= 4 is 5.91 Å². The number of nitrogens with zero attached hydrogens (tertiary/aromatic N) is 1. The molecule has 1 heterocycles. The molecule has 0 radical (unpaired) electrons. The molecular formula is C14H29N3O3. The maximum Gasteiger partial charge on any atom is 0.237 e. The summed E-state index contributed by atoms with van der Waals surface area (Å²) in [5.41, 5.74) is 6.01. The fraction of sp³-hybridized carbons (Fsp3) is 0.929. The molecular weight excluding hydrogens is 258 g/mol. The van der Waals surface area contributed by atoms with Gasteiger partial charge in [-0.3, -0.25) is 4.79 Å². The first kappa shape index (κ1) is 17.4. The first-order valence-electron chi connectivity index (χ1n) is 7.43. The largest absolute Gasteiger partial charge is 0.383 e. The number of nitrogens with one attached hydrogen (secondary N) is 1. The molecule has 0 bridgehead atoms. The van der Waals surface area contributed by atoms with E-state index in [1.165, 1.54) is 0 Å². The van der Waals surface area contributed by atoms with E-state index in [4.69, 9.17) is 15.2 Å². The molecule has 0 aromatic heterocycles. The zero-order chi connectivity index (χ0) is 14.8. The maximum atomic E-state index is 11.9. The highest BCUT2D eigenvalue weighted by molar-refractivity contribution is 5.81. The fourth-order valence-electron chi connectivity index (χ4n) is 2.33. The molecule has 1 saturated heterocycles. The van der Waals surface area contributed by atoms with Crippen molar-refractivity contribution in [3.8, 4) is 0 Å². The second kappa shape index (κ2) is 10.1. The monoisotopic (exact) mass is 287 g/mol. The molecule has 0 aromatic carbocycles. The summed E-state index contributed by atoms with van der Waals surface area (Å²) in [4.78, 5) is 14.1. The number of hydrogen-bond donors (Lipinski definition) is 2. The van der Waals surface area contributed by atoms with Crippen LogP contribution in [-0.2, 0) is 14.3 Å². The van der Waals surface area contributed by atoms with Gasteiger partial charge in [0.2, 0.25) is 5.91 Å². The predicted octanol–water partition coefficient (Wildman–Crippen LogP) is -0.175. The molecule has 1 aliphatic rings. The number of amides is 1. The molecule has 1 rings (SSSR count). The summed E-state index contributed by atoms with van der Waals surface area (Å²) in [5, 5.41) is 2.93. The SMILES string of the molecule is COCCN(C)CCCNC(=O)C(N)C1CCOCC1. The minimum Gasteiger partial charge on any atom is -0.383 e. The lowest BCUT2D eigenvalue weighted by Gasteiger charge is -2.26. The summed E-state index contributed by atoms with van der Waals surface area (Å²) in [6.07, 6.45) is 2.69. The summed E-state index contributed by atoms with van der Waals surface area (Å²) in [7, 11) is 3.75. The van der Waals surface area contributed by atoms with E-state index < -0.39 is 6.04 Å². The zero-order valence-electron chi connectivity index (χ0n) is 12.8. The molecule has 0 spiro atoms. The molecule has 0 saturated carbocycles. The molecule has 1 fully saturated rings. The van der Waals surface area contributed by atoms with E-state index in [0.29, 0.717) is 6.54 Å². The predicted molar refractivity (Wildman–Crippen MR) is 78.5 cm³/mol. The van der Waals surface area contributed by atoms with Crippen LogP contribution in [0.25, 0.3) is 0 Å². The van der Waals surface area contributed by atoms with Gasteiger partial charge < -0.3 is 25.4 Å². The number of hydrogen-bond acceptors (Lipinski definition) is 5. The Bertz CT molecular complexity index is 270. The lowest BCUT2D eigenvalue weighted by Crippen LogP contribution is -2.47. The smallest absolute Gasteiger partial charge is 0.237 e. The Morgan fingerprint density at radius 1 is 1.45 bits per heavy atom. The maximum absolute atomic E-state index is 11.9. The van der Waals surface area contributed by atoms with Crippen molar-refractivity contribution in [3.05, 3.63) is 0 Å². The van der Waals surface area contributed by atoms with Gasteiger partial charge in [0.25, 0.3) is 0 Å². The van der Waals surface area contributed by atoms with Crippen molar-refractivity contribution in [2.24, 2.45) is 11.7 Å². The molecule has 20 heavy (non-hydrogen) atoms. The molecule has 1 amide bonds. The fourth-order valence-corrected chi connectivity index (χ4v) is 2.33. The van der Waals surface area contributed by atoms with E-state index in [1.807, 2.05) is 0 Å². The molecule has 0 aromatic rings. The van der Waals surface area contributed by atoms with Crippen LogP contribution in [-0.4, -0.2) is 70.5 Å². The Balaban J connectivity index is 2.09. The quantitative estimate of drug-likeness (QED) is 0.576. The first-order valence-corrected chi connectivity index (χ1v) is 7.43. The van der Waals surface area contributed by atoms with Gasteiger partial charge >= 0.3 is 0 Å². The van der Waals surface area contributed by atoms with Crippen molar-refractivity contribution in [2.45, 2.75) is 25.3 Å². The third-order valence-corrected chi connectivity index (χ3v) is 3.77. The molecule has 3 N–H and O–H groups in total. The Morgan fingerprint density at radius 2 is 2.15 bits per heavy atom. The molecule has 1 atom stereocenters. The Kier molecular flexibility index (Phi) is 8.77. The number of nitrogens with two attached hydrogens (primary N) is 1. The Hall–Kier alpha value is -0.690.